The van der Waals surface area contributed by atoms with E-state index < -0.39 is 0 Å². The Morgan fingerprint density at radius 3 is 2.57 bits per heavy atom. The summed E-state index contributed by atoms with van der Waals surface area (Å²) in [6, 6.07) is 10.7. The lowest BCUT2D eigenvalue weighted by atomic mass is 10.3. The highest BCUT2D eigenvalue weighted by Crippen LogP contribution is 2.05. The standard InChI is InChI=1S/C15H18N4O2/c1-11(2)17-13-8-15(21)19(16-9-13)10-14(20)18-12-6-4-3-5-7-12/h3-9,11,17H,10H2,1-2H3,(H,18,20). The number of rotatable bonds is 5. The number of para-hydroxylation sites is 1. The van der Waals surface area contributed by atoms with Crippen LogP contribution in [0.2, 0.25) is 0 Å². The molecule has 0 aliphatic carbocycles. The summed E-state index contributed by atoms with van der Waals surface area (Å²) in [7, 11) is 0. The van der Waals surface area contributed by atoms with Crippen LogP contribution in [0, 0.1) is 0 Å². The fraction of sp³-hybridized carbons (Fsp3) is 0.267. The zero-order valence-corrected chi connectivity index (χ0v) is 12.0. The molecule has 0 saturated heterocycles. The summed E-state index contributed by atoms with van der Waals surface area (Å²) >= 11 is 0. The van der Waals surface area contributed by atoms with Crippen molar-refractivity contribution in [2.45, 2.75) is 26.4 Å². The van der Waals surface area contributed by atoms with Crippen LogP contribution in [-0.2, 0) is 11.3 Å². The van der Waals surface area contributed by atoms with Gasteiger partial charge in [0.15, 0.2) is 0 Å². The average molecular weight is 286 g/mol. The van der Waals surface area contributed by atoms with Crippen LogP contribution in [0.4, 0.5) is 11.4 Å². The molecule has 1 aromatic heterocycles. The first-order chi connectivity index (χ1) is 10.0. The summed E-state index contributed by atoms with van der Waals surface area (Å²) < 4.78 is 1.13. The molecule has 0 spiro atoms. The third-order valence-electron chi connectivity index (χ3n) is 2.68. The van der Waals surface area contributed by atoms with Crippen molar-refractivity contribution in [1.29, 1.82) is 0 Å². The Kier molecular flexibility index (Phi) is 4.71. The van der Waals surface area contributed by atoms with Gasteiger partial charge in [0.1, 0.15) is 6.54 Å². The number of nitrogens with one attached hydrogen (secondary N) is 2. The lowest BCUT2D eigenvalue weighted by molar-refractivity contribution is -0.117. The molecular formula is C15H18N4O2. The number of hydrogen-bond donors (Lipinski definition) is 2. The van der Waals surface area contributed by atoms with Crippen LogP contribution in [-0.4, -0.2) is 21.7 Å². The quantitative estimate of drug-likeness (QED) is 0.877. The van der Waals surface area contributed by atoms with Gasteiger partial charge in [-0.3, -0.25) is 9.59 Å². The molecule has 2 N–H and O–H groups in total. The third-order valence-corrected chi connectivity index (χ3v) is 2.68. The molecule has 21 heavy (non-hydrogen) atoms. The molecular weight excluding hydrogens is 268 g/mol. The second kappa shape index (κ2) is 6.69. The SMILES string of the molecule is CC(C)Nc1cnn(CC(=O)Nc2ccccc2)c(=O)c1. The molecule has 2 aromatic rings. The minimum absolute atomic E-state index is 0.115. The number of amides is 1. The van der Waals surface area contributed by atoms with Gasteiger partial charge in [-0.1, -0.05) is 18.2 Å². The number of carbonyl (C=O) groups is 1. The molecule has 0 fully saturated rings. The molecule has 0 atom stereocenters. The van der Waals surface area contributed by atoms with Gasteiger partial charge in [0.2, 0.25) is 5.91 Å². The topological polar surface area (TPSA) is 76.0 Å². The highest BCUT2D eigenvalue weighted by molar-refractivity contribution is 5.90. The van der Waals surface area contributed by atoms with E-state index in [1.165, 1.54) is 12.3 Å². The molecule has 0 bridgehead atoms. The van der Waals surface area contributed by atoms with Gasteiger partial charge in [0, 0.05) is 17.8 Å². The van der Waals surface area contributed by atoms with E-state index in [1.54, 1.807) is 12.1 Å². The summed E-state index contributed by atoms with van der Waals surface area (Å²) in [5, 5.41) is 9.79. The van der Waals surface area contributed by atoms with E-state index in [2.05, 4.69) is 15.7 Å². The molecule has 1 aromatic carbocycles. The number of nitrogens with zero attached hydrogens (tertiary/aromatic N) is 2. The van der Waals surface area contributed by atoms with Gasteiger partial charge < -0.3 is 10.6 Å². The van der Waals surface area contributed by atoms with Crippen molar-refractivity contribution in [3.05, 3.63) is 52.9 Å². The monoisotopic (exact) mass is 286 g/mol. The summed E-state index contributed by atoms with van der Waals surface area (Å²) in [4.78, 5) is 23.8. The van der Waals surface area contributed by atoms with E-state index in [0.717, 1.165) is 4.68 Å². The predicted octanol–water partition coefficient (Wildman–Crippen LogP) is 1.70. The lowest BCUT2D eigenvalue weighted by Gasteiger charge is -2.10. The maximum atomic E-state index is 11.9. The Labute approximate surface area is 122 Å². The first-order valence-corrected chi connectivity index (χ1v) is 6.73. The Morgan fingerprint density at radius 1 is 1.24 bits per heavy atom. The van der Waals surface area contributed by atoms with E-state index in [4.69, 9.17) is 0 Å². The van der Waals surface area contributed by atoms with Gasteiger partial charge in [-0.05, 0) is 26.0 Å². The zero-order valence-electron chi connectivity index (χ0n) is 12.0. The van der Waals surface area contributed by atoms with Crippen LogP contribution in [0.25, 0.3) is 0 Å². The normalized spacial score (nSPS) is 10.4. The highest BCUT2D eigenvalue weighted by Gasteiger charge is 2.07. The number of carbonyl (C=O) groups excluding carboxylic acids is 1. The minimum Gasteiger partial charge on any atom is -0.381 e. The molecule has 0 aliphatic rings. The second-order valence-electron chi connectivity index (χ2n) is 4.95. The summed E-state index contributed by atoms with van der Waals surface area (Å²) in [5.41, 5.74) is 1.02. The first kappa shape index (κ1) is 14.8. The maximum Gasteiger partial charge on any atom is 0.269 e. The maximum absolute atomic E-state index is 11.9. The van der Waals surface area contributed by atoms with Crippen LogP contribution in [0.5, 0.6) is 0 Å². The number of aromatic nitrogens is 2. The molecule has 0 saturated carbocycles. The fourth-order valence-corrected chi connectivity index (χ4v) is 1.82. The van der Waals surface area contributed by atoms with Gasteiger partial charge in [0.25, 0.3) is 5.56 Å². The molecule has 6 heteroatoms. The van der Waals surface area contributed by atoms with Gasteiger partial charge in [-0.15, -0.1) is 0 Å². The van der Waals surface area contributed by atoms with Crippen LogP contribution >= 0.6 is 0 Å². The Balaban J connectivity index is 2.03. The van der Waals surface area contributed by atoms with E-state index in [9.17, 15) is 9.59 Å². The molecule has 1 heterocycles. The fourth-order valence-electron chi connectivity index (χ4n) is 1.82. The van der Waals surface area contributed by atoms with Crippen molar-refractivity contribution in [1.82, 2.24) is 9.78 Å². The van der Waals surface area contributed by atoms with Crippen molar-refractivity contribution in [3.63, 3.8) is 0 Å². The van der Waals surface area contributed by atoms with Gasteiger partial charge in [-0.2, -0.15) is 5.10 Å². The number of hydrogen-bond acceptors (Lipinski definition) is 4. The largest absolute Gasteiger partial charge is 0.381 e. The van der Waals surface area contributed by atoms with Crippen molar-refractivity contribution in [2.75, 3.05) is 10.6 Å². The van der Waals surface area contributed by atoms with Crippen LogP contribution in [0.15, 0.2) is 47.4 Å². The van der Waals surface area contributed by atoms with E-state index >= 15 is 0 Å². The molecule has 1 amide bonds. The van der Waals surface area contributed by atoms with Crippen molar-refractivity contribution in [3.8, 4) is 0 Å². The van der Waals surface area contributed by atoms with Gasteiger partial charge in [-0.25, -0.2) is 4.68 Å². The lowest BCUT2D eigenvalue weighted by Crippen LogP contribution is -2.29. The van der Waals surface area contributed by atoms with Gasteiger partial charge >= 0.3 is 0 Å². The summed E-state index contributed by atoms with van der Waals surface area (Å²) in [6.45, 7) is 3.83. The van der Waals surface area contributed by atoms with E-state index in [1.807, 2.05) is 32.0 Å². The Bertz CT molecular complexity index is 665. The van der Waals surface area contributed by atoms with E-state index in [0.29, 0.717) is 11.4 Å². The zero-order chi connectivity index (χ0) is 15.2. The van der Waals surface area contributed by atoms with Crippen molar-refractivity contribution >= 4 is 17.3 Å². The molecule has 2 rings (SSSR count). The van der Waals surface area contributed by atoms with Crippen LogP contribution in [0.3, 0.4) is 0 Å². The smallest absolute Gasteiger partial charge is 0.269 e. The van der Waals surface area contributed by atoms with E-state index in [-0.39, 0.29) is 24.1 Å². The number of benzene rings is 1. The second-order valence-corrected chi connectivity index (χ2v) is 4.95. The molecule has 6 nitrogen and oxygen atoms in total. The van der Waals surface area contributed by atoms with Crippen LogP contribution in [0.1, 0.15) is 13.8 Å². The predicted molar refractivity (Wildman–Crippen MR) is 82.3 cm³/mol. The molecule has 0 unspecified atom stereocenters. The summed E-state index contributed by atoms with van der Waals surface area (Å²) in [5.74, 6) is -0.291. The van der Waals surface area contributed by atoms with Crippen LogP contribution < -0.4 is 16.2 Å². The summed E-state index contributed by atoms with van der Waals surface area (Å²) in [6.07, 6.45) is 1.54. The Hall–Kier alpha value is -2.63. The highest BCUT2D eigenvalue weighted by atomic mass is 16.2. The molecule has 0 radical (unpaired) electrons. The van der Waals surface area contributed by atoms with Crippen molar-refractivity contribution in [2.24, 2.45) is 0 Å². The molecule has 110 valence electrons. The minimum atomic E-state index is -0.316. The third kappa shape index (κ3) is 4.45. The first-order valence-electron chi connectivity index (χ1n) is 6.73. The van der Waals surface area contributed by atoms with Crippen molar-refractivity contribution < 1.29 is 4.79 Å². The molecule has 0 aliphatic heterocycles. The Morgan fingerprint density at radius 2 is 1.95 bits per heavy atom. The average Bonchev–Trinajstić information content (AvgIpc) is 2.42. The van der Waals surface area contributed by atoms with Gasteiger partial charge in [0.05, 0.1) is 11.9 Å². The number of anilines is 2.